The van der Waals surface area contributed by atoms with Crippen molar-refractivity contribution in [2.75, 3.05) is 26.2 Å². The Morgan fingerprint density at radius 1 is 1.40 bits per heavy atom. The van der Waals surface area contributed by atoms with Crippen molar-refractivity contribution in [1.82, 2.24) is 10.2 Å². The first-order valence-corrected chi connectivity index (χ1v) is 6.57. The zero-order chi connectivity index (χ0) is 11.3. The van der Waals surface area contributed by atoms with Crippen molar-refractivity contribution in [3.8, 4) is 0 Å². The molecule has 2 unspecified atom stereocenters. The topological polar surface area (TPSA) is 15.3 Å². The van der Waals surface area contributed by atoms with Crippen LogP contribution in [0.1, 0.15) is 40.5 Å². The van der Waals surface area contributed by atoms with Gasteiger partial charge in [0.25, 0.3) is 0 Å². The van der Waals surface area contributed by atoms with Crippen molar-refractivity contribution < 1.29 is 0 Å². The molecule has 1 aliphatic rings. The summed E-state index contributed by atoms with van der Waals surface area (Å²) in [4.78, 5) is 2.62. The third kappa shape index (κ3) is 4.98. The van der Waals surface area contributed by atoms with E-state index in [0.29, 0.717) is 0 Å². The van der Waals surface area contributed by atoms with E-state index in [1.54, 1.807) is 0 Å². The highest BCUT2D eigenvalue weighted by atomic mass is 15.1. The van der Waals surface area contributed by atoms with E-state index in [2.05, 4.69) is 37.9 Å². The lowest BCUT2D eigenvalue weighted by Crippen LogP contribution is -2.41. The van der Waals surface area contributed by atoms with E-state index in [4.69, 9.17) is 0 Å². The van der Waals surface area contributed by atoms with Gasteiger partial charge in [0.15, 0.2) is 0 Å². The number of hydrogen-bond donors (Lipinski definition) is 1. The van der Waals surface area contributed by atoms with Crippen molar-refractivity contribution >= 4 is 0 Å². The van der Waals surface area contributed by atoms with Crippen LogP contribution < -0.4 is 5.32 Å². The maximum absolute atomic E-state index is 3.53. The fraction of sp³-hybridized carbons (Fsp3) is 1.00. The smallest absolute Gasteiger partial charge is 0.00418 e. The molecule has 0 bridgehead atoms. The van der Waals surface area contributed by atoms with E-state index in [1.807, 2.05) is 0 Å². The quantitative estimate of drug-likeness (QED) is 0.752. The molecule has 2 heteroatoms. The number of hydrogen-bond acceptors (Lipinski definition) is 2. The number of nitrogens with zero attached hydrogens (tertiary/aromatic N) is 1. The van der Waals surface area contributed by atoms with Crippen molar-refractivity contribution in [3.05, 3.63) is 0 Å². The minimum atomic E-state index is 0.724. The maximum atomic E-state index is 3.53. The van der Waals surface area contributed by atoms with Crippen LogP contribution >= 0.6 is 0 Å². The molecule has 1 N–H and O–H groups in total. The SMILES string of the molecule is CCN(CC(C)C)CC1CCNC(C)C1. The summed E-state index contributed by atoms with van der Waals surface area (Å²) in [7, 11) is 0. The van der Waals surface area contributed by atoms with E-state index in [9.17, 15) is 0 Å². The molecule has 0 aromatic rings. The average molecular weight is 212 g/mol. The van der Waals surface area contributed by atoms with Crippen LogP contribution in [0.4, 0.5) is 0 Å². The average Bonchev–Trinajstić information content (AvgIpc) is 2.16. The summed E-state index contributed by atoms with van der Waals surface area (Å²) in [6, 6.07) is 0.724. The first-order valence-electron chi connectivity index (χ1n) is 6.57. The lowest BCUT2D eigenvalue weighted by molar-refractivity contribution is 0.183. The fourth-order valence-electron chi connectivity index (χ4n) is 2.62. The normalized spacial score (nSPS) is 27.6. The second-order valence-electron chi connectivity index (χ2n) is 5.49. The highest BCUT2D eigenvalue weighted by Crippen LogP contribution is 2.17. The first-order chi connectivity index (χ1) is 7.11. The van der Waals surface area contributed by atoms with Gasteiger partial charge in [0.1, 0.15) is 0 Å². The van der Waals surface area contributed by atoms with Crippen LogP contribution in [0.2, 0.25) is 0 Å². The molecule has 1 aliphatic heterocycles. The molecule has 1 fully saturated rings. The van der Waals surface area contributed by atoms with Gasteiger partial charge in [0.05, 0.1) is 0 Å². The van der Waals surface area contributed by atoms with Gasteiger partial charge >= 0.3 is 0 Å². The highest BCUT2D eigenvalue weighted by Gasteiger charge is 2.20. The van der Waals surface area contributed by atoms with Gasteiger partial charge in [-0.3, -0.25) is 0 Å². The monoisotopic (exact) mass is 212 g/mol. The predicted molar refractivity (Wildman–Crippen MR) is 67.1 cm³/mol. The molecular formula is C13H28N2. The molecule has 0 amide bonds. The van der Waals surface area contributed by atoms with Crippen molar-refractivity contribution in [1.29, 1.82) is 0 Å². The van der Waals surface area contributed by atoms with Crippen molar-refractivity contribution in [2.45, 2.75) is 46.6 Å². The zero-order valence-corrected chi connectivity index (χ0v) is 10.9. The highest BCUT2D eigenvalue weighted by molar-refractivity contribution is 4.77. The molecule has 2 atom stereocenters. The second-order valence-corrected chi connectivity index (χ2v) is 5.49. The van der Waals surface area contributed by atoms with Crippen molar-refractivity contribution in [2.24, 2.45) is 11.8 Å². The first kappa shape index (κ1) is 13.0. The lowest BCUT2D eigenvalue weighted by atomic mass is 9.92. The molecule has 90 valence electrons. The van der Waals surface area contributed by atoms with Crippen LogP contribution in [-0.4, -0.2) is 37.1 Å². The van der Waals surface area contributed by atoms with E-state index in [1.165, 1.54) is 39.0 Å². The van der Waals surface area contributed by atoms with Gasteiger partial charge in [-0.25, -0.2) is 0 Å². The summed E-state index contributed by atoms with van der Waals surface area (Å²) in [6.45, 7) is 14.2. The minimum absolute atomic E-state index is 0.724. The number of piperidine rings is 1. The largest absolute Gasteiger partial charge is 0.314 e. The fourth-order valence-corrected chi connectivity index (χ4v) is 2.62. The van der Waals surface area contributed by atoms with E-state index in [0.717, 1.165) is 17.9 Å². The summed E-state index contributed by atoms with van der Waals surface area (Å²) in [5.41, 5.74) is 0. The minimum Gasteiger partial charge on any atom is -0.314 e. The Hall–Kier alpha value is -0.0800. The van der Waals surface area contributed by atoms with Gasteiger partial charge < -0.3 is 10.2 Å². The molecule has 2 nitrogen and oxygen atoms in total. The number of rotatable bonds is 5. The molecule has 0 radical (unpaired) electrons. The maximum Gasteiger partial charge on any atom is 0.00418 e. The van der Waals surface area contributed by atoms with Gasteiger partial charge in [-0.05, 0) is 44.7 Å². The van der Waals surface area contributed by atoms with Crippen LogP contribution in [0.5, 0.6) is 0 Å². The Balaban J connectivity index is 2.30. The summed E-state index contributed by atoms with van der Waals surface area (Å²) in [5, 5.41) is 3.53. The molecule has 0 aromatic heterocycles. The van der Waals surface area contributed by atoms with Gasteiger partial charge in [-0.2, -0.15) is 0 Å². The molecule has 0 spiro atoms. The molecular weight excluding hydrogens is 184 g/mol. The zero-order valence-electron chi connectivity index (χ0n) is 10.9. The molecule has 0 aromatic carbocycles. The van der Waals surface area contributed by atoms with Crippen LogP contribution in [0.3, 0.4) is 0 Å². The Labute approximate surface area is 95.4 Å². The Bertz CT molecular complexity index is 166. The van der Waals surface area contributed by atoms with Crippen molar-refractivity contribution in [3.63, 3.8) is 0 Å². The summed E-state index contributed by atoms with van der Waals surface area (Å²) in [5.74, 6) is 1.71. The van der Waals surface area contributed by atoms with Gasteiger partial charge in [-0.1, -0.05) is 20.8 Å². The van der Waals surface area contributed by atoms with Gasteiger partial charge in [-0.15, -0.1) is 0 Å². The third-order valence-corrected chi connectivity index (χ3v) is 3.32. The van der Waals surface area contributed by atoms with Crippen LogP contribution in [0.15, 0.2) is 0 Å². The third-order valence-electron chi connectivity index (χ3n) is 3.32. The van der Waals surface area contributed by atoms with Crippen LogP contribution in [0, 0.1) is 11.8 Å². The summed E-state index contributed by atoms with van der Waals surface area (Å²) >= 11 is 0. The second kappa shape index (κ2) is 6.49. The Morgan fingerprint density at radius 2 is 2.13 bits per heavy atom. The van der Waals surface area contributed by atoms with E-state index >= 15 is 0 Å². The van der Waals surface area contributed by atoms with Gasteiger partial charge in [0.2, 0.25) is 0 Å². The molecule has 1 heterocycles. The molecule has 0 saturated carbocycles. The number of nitrogens with one attached hydrogen (secondary N) is 1. The molecule has 1 rings (SSSR count). The summed E-state index contributed by atoms with van der Waals surface area (Å²) < 4.78 is 0. The van der Waals surface area contributed by atoms with Gasteiger partial charge in [0, 0.05) is 19.1 Å². The Kier molecular flexibility index (Phi) is 5.62. The molecule has 15 heavy (non-hydrogen) atoms. The van der Waals surface area contributed by atoms with Crippen LogP contribution in [-0.2, 0) is 0 Å². The standard InChI is InChI=1S/C13H28N2/c1-5-15(9-11(2)3)10-13-6-7-14-12(4)8-13/h11-14H,5-10H2,1-4H3. The molecule has 0 aliphatic carbocycles. The summed E-state index contributed by atoms with van der Waals surface area (Å²) in [6.07, 6.45) is 2.72. The Morgan fingerprint density at radius 3 is 2.67 bits per heavy atom. The predicted octanol–water partition coefficient (Wildman–Crippen LogP) is 2.35. The van der Waals surface area contributed by atoms with E-state index < -0.39 is 0 Å². The van der Waals surface area contributed by atoms with Crippen LogP contribution in [0.25, 0.3) is 0 Å². The molecule has 1 saturated heterocycles. The lowest BCUT2D eigenvalue weighted by Gasteiger charge is -2.33. The van der Waals surface area contributed by atoms with E-state index in [-0.39, 0.29) is 0 Å².